The molecule has 1 aromatic heterocycles. The molecule has 1 amide bonds. The summed E-state index contributed by atoms with van der Waals surface area (Å²) in [5.41, 5.74) is 0.871. The van der Waals surface area contributed by atoms with E-state index in [0.717, 1.165) is 0 Å². The summed E-state index contributed by atoms with van der Waals surface area (Å²) >= 11 is 0. The molecule has 1 aromatic carbocycles. The quantitative estimate of drug-likeness (QED) is 0.621. The summed E-state index contributed by atoms with van der Waals surface area (Å²) in [5, 5.41) is 6.54. The van der Waals surface area contributed by atoms with Crippen molar-refractivity contribution < 1.29 is 31.7 Å². The number of piperidine rings is 1. The van der Waals surface area contributed by atoms with E-state index in [-0.39, 0.29) is 36.1 Å². The summed E-state index contributed by atoms with van der Waals surface area (Å²) in [7, 11) is -2.52. The summed E-state index contributed by atoms with van der Waals surface area (Å²) in [6.07, 6.45) is 0.540. The molecule has 0 aliphatic carbocycles. The lowest BCUT2D eigenvalue weighted by molar-refractivity contribution is -0.141. The fourth-order valence-electron chi connectivity index (χ4n) is 3.82. The Morgan fingerprint density at radius 2 is 1.88 bits per heavy atom. The first-order chi connectivity index (χ1) is 15.1. The van der Waals surface area contributed by atoms with Gasteiger partial charge >= 0.3 is 5.97 Å². The van der Waals surface area contributed by atoms with E-state index in [4.69, 9.17) is 9.26 Å². The maximum atomic E-state index is 13.3. The molecule has 174 valence electrons. The highest BCUT2D eigenvalue weighted by molar-refractivity contribution is 7.89. The lowest BCUT2D eigenvalue weighted by Crippen LogP contribution is -2.44. The van der Waals surface area contributed by atoms with Crippen molar-refractivity contribution in [2.45, 2.75) is 44.0 Å². The Hall–Kier alpha value is -2.79. The zero-order valence-electron chi connectivity index (χ0n) is 18.1. The number of hydrogen-bond donors (Lipinski definition) is 1. The fourth-order valence-corrected chi connectivity index (χ4v) is 5.58. The molecule has 1 aliphatic heterocycles. The minimum Gasteiger partial charge on any atom is -0.469 e. The molecular weight excluding hydrogens is 441 g/mol. The second-order valence-electron chi connectivity index (χ2n) is 7.72. The van der Waals surface area contributed by atoms with Crippen LogP contribution in [0.1, 0.15) is 42.3 Å². The number of aryl methyl sites for hydroxylation is 2. The molecule has 1 unspecified atom stereocenters. The highest BCUT2D eigenvalue weighted by Gasteiger charge is 2.36. The van der Waals surface area contributed by atoms with Crippen LogP contribution in [-0.2, 0) is 24.3 Å². The first-order valence-corrected chi connectivity index (χ1v) is 11.6. The van der Waals surface area contributed by atoms with Crippen molar-refractivity contribution in [2.75, 3.05) is 20.2 Å². The zero-order valence-corrected chi connectivity index (χ0v) is 18.9. The second kappa shape index (κ2) is 9.78. The molecule has 1 atom stereocenters. The Morgan fingerprint density at radius 1 is 1.25 bits per heavy atom. The molecule has 0 spiro atoms. The van der Waals surface area contributed by atoms with Gasteiger partial charge in [0.2, 0.25) is 15.9 Å². The van der Waals surface area contributed by atoms with Crippen LogP contribution in [-0.4, -0.2) is 50.0 Å². The van der Waals surface area contributed by atoms with E-state index in [0.29, 0.717) is 24.1 Å². The van der Waals surface area contributed by atoms with E-state index < -0.39 is 33.8 Å². The van der Waals surface area contributed by atoms with Crippen molar-refractivity contribution >= 4 is 21.9 Å². The molecule has 0 radical (unpaired) electrons. The number of hydrogen-bond acceptors (Lipinski definition) is 7. The van der Waals surface area contributed by atoms with Crippen LogP contribution in [0.3, 0.4) is 0 Å². The third-order valence-corrected chi connectivity index (χ3v) is 7.72. The highest BCUT2D eigenvalue weighted by Crippen LogP contribution is 2.28. The van der Waals surface area contributed by atoms with Gasteiger partial charge in [0.05, 0.1) is 19.6 Å². The molecule has 1 saturated heterocycles. The number of ether oxygens (including phenoxy) is 1. The number of nitrogens with one attached hydrogen (secondary N) is 1. The van der Waals surface area contributed by atoms with E-state index >= 15 is 0 Å². The molecule has 1 aliphatic rings. The highest BCUT2D eigenvalue weighted by atomic mass is 32.2. The number of halogens is 1. The Kier molecular flexibility index (Phi) is 7.29. The lowest BCUT2D eigenvalue weighted by atomic mass is 9.95. The van der Waals surface area contributed by atoms with Crippen molar-refractivity contribution in [3.63, 3.8) is 0 Å². The molecule has 0 saturated carbocycles. The molecule has 0 bridgehead atoms. The maximum absolute atomic E-state index is 13.3. The number of aromatic nitrogens is 1. The Balaban J connectivity index is 1.67. The van der Waals surface area contributed by atoms with Gasteiger partial charge in [-0.15, -0.1) is 0 Å². The van der Waals surface area contributed by atoms with E-state index in [1.165, 1.54) is 35.7 Å². The Bertz CT molecular complexity index is 1060. The van der Waals surface area contributed by atoms with E-state index in [9.17, 15) is 22.4 Å². The van der Waals surface area contributed by atoms with Gasteiger partial charge < -0.3 is 14.6 Å². The lowest BCUT2D eigenvalue weighted by Gasteiger charge is -2.31. The number of carbonyl (C=O) groups is 2. The Labute approximate surface area is 185 Å². The van der Waals surface area contributed by atoms with Gasteiger partial charge in [-0.1, -0.05) is 17.3 Å². The normalized spacial score (nSPS) is 16.5. The molecule has 9 nitrogen and oxygen atoms in total. The first-order valence-electron chi connectivity index (χ1n) is 10.2. The topological polar surface area (TPSA) is 119 Å². The minimum absolute atomic E-state index is 0.0647. The van der Waals surface area contributed by atoms with E-state index in [1.807, 2.05) is 0 Å². The van der Waals surface area contributed by atoms with E-state index in [1.54, 1.807) is 13.8 Å². The average molecular weight is 468 g/mol. The van der Waals surface area contributed by atoms with Gasteiger partial charge in [-0.05, 0) is 44.4 Å². The van der Waals surface area contributed by atoms with E-state index in [2.05, 4.69) is 10.5 Å². The monoisotopic (exact) mass is 467 g/mol. The van der Waals surface area contributed by atoms with Gasteiger partial charge in [0.25, 0.3) is 0 Å². The number of benzene rings is 1. The Morgan fingerprint density at radius 3 is 2.41 bits per heavy atom. The summed E-state index contributed by atoms with van der Waals surface area (Å²) in [6, 6.07) is 4.83. The zero-order chi connectivity index (χ0) is 23.5. The third kappa shape index (κ3) is 5.16. The van der Waals surface area contributed by atoms with Gasteiger partial charge in [0.15, 0.2) is 5.76 Å². The molecule has 32 heavy (non-hydrogen) atoms. The second-order valence-corrected chi connectivity index (χ2v) is 9.60. The summed E-state index contributed by atoms with van der Waals surface area (Å²) < 4.78 is 50.2. The van der Waals surface area contributed by atoms with Crippen LogP contribution in [0.4, 0.5) is 4.39 Å². The van der Waals surface area contributed by atoms with Crippen molar-refractivity contribution in [2.24, 2.45) is 5.92 Å². The summed E-state index contributed by atoms with van der Waals surface area (Å²) in [5.74, 6) is -1.43. The largest absolute Gasteiger partial charge is 0.469 e. The van der Waals surface area contributed by atoms with Crippen LogP contribution in [0.2, 0.25) is 0 Å². The molecule has 1 N–H and O–H groups in total. The SMILES string of the molecule is COC(=O)CC(NC(=O)C1CCN(S(=O)(=O)c2c(C)noc2C)CC1)c1ccc(F)cc1. The number of methoxy groups -OCH3 is 1. The molecule has 1 fully saturated rings. The van der Waals surface area contributed by atoms with Gasteiger partial charge in [-0.2, -0.15) is 4.31 Å². The van der Waals surface area contributed by atoms with Crippen molar-refractivity contribution in [1.29, 1.82) is 0 Å². The molecular formula is C21H26FN3O6S. The van der Waals surface area contributed by atoms with Crippen LogP contribution < -0.4 is 5.32 Å². The smallest absolute Gasteiger partial charge is 0.307 e. The number of nitrogens with zero attached hydrogens (tertiary/aromatic N) is 2. The third-order valence-electron chi connectivity index (χ3n) is 5.58. The van der Waals surface area contributed by atoms with Crippen LogP contribution in [0.15, 0.2) is 33.7 Å². The number of esters is 1. The summed E-state index contributed by atoms with van der Waals surface area (Å²) in [4.78, 5) is 24.8. The minimum atomic E-state index is -3.77. The van der Waals surface area contributed by atoms with Crippen molar-refractivity contribution in [3.8, 4) is 0 Å². The first kappa shape index (κ1) is 23.9. The predicted octanol–water partition coefficient (Wildman–Crippen LogP) is 2.25. The van der Waals surface area contributed by atoms with Crippen molar-refractivity contribution in [3.05, 3.63) is 47.1 Å². The molecule has 2 aromatic rings. The van der Waals surface area contributed by atoms with Crippen LogP contribution in [0, 0.1) is 25.6 Å². The van der Waals surface area contributed by atoms with Crippen molar-refractivity contribution in [1.82, 2.24) is 14.8 Å². The van der Waals surface area contributed by atoms with Crippen LogP contribution >= 0.6 is 0 Å². The van der Waals surface area contributed by atoms with Crippen LogP contribution in [0.25, 0.3) is 0 Å². The molecule has 2 heterocycles. The molecule has 3 rings (SSSR count). The fraction of sp³-hybridized carbons (Fsp3) is 0.476. The average Bonchev–Trinajstić information content (AvgIpc) is 3.12. The number of rotatable bonds is 7. The number of sulfonamides is 1. The van der Waals surface area contributed by atoms with Gasteiger partial charge in [-0.3, -0.25) is 9.59 Å². The summed E-state index contributed by atoms with van der Waals surface area (Å²) in [6.45, 7) is 3.45. The number of amides is 1. The number of carbonyl (C=O) groups excluding carboxylic acids is 2. The molecule has 11 heteroatoms. The van der Waals surface area contributed by atoms with Gasteiger partial charge in [0.1, 0.15) is 16.4 Å². The standard InChI is InChI=1S/C21H26FN3O6S/c1-13-20(14(2)31-24-13)32(28,29)25-10-8-16(9-11-25)21(27)23-18(12-19(26)30-3)15-4-6-17(22)7-5-15/h4-7,16,18H,8-12H2,1-3H3,(H,23,27). The van der Waals surface area contributed by atoms with Gasteiger partial charge in [-0.25, -0.2) is 12.8 Å². The maximum Gasteiger partial charge on any atom is 0.307 e. The van der Waals surface area contributed by atoms with Gasteiger partial charge in [0, 0.05) is 19.0 Å². The van der Waals surface area contributed by atoms with Crippen LogP contribution in [0.5, 0.6) is 0 Å². The predicted molar refractivity (Wildman–Crippen MR) is 111 cm³/mol.